The predicted octanol–water partition coefficient (Wildman–Crippen LogP) is 3.16. The zero-order valence-corrected chi connectivity index (χ0v) is 16.4. The number of carboxylic acids is 1. The van der Waals surface area contributed by atoms with Crippen molar-refractivity contribution >= 4 is 32.7 Å². The summed E-state index contributed by atoms with van der Waals surface area (Å²) in [6.45, 7) is 8.20. The van der Waals surface area contributed by atoms with Crippen molar-refractivity contribution < 1.29 is 14.6 Å². The number of aryl methyl sites for hydroxylation is 1. The molecule has 3 aromatic rings. The van der Waals surface area contributed by atoms with E-state index in [0.29, 0.717) is 6.54 Å². The minimum absolute atomic E-state index is 0.0648. The van der Waals surface area contributed by atoms with Gasteiger partial charge >= 0.3 is 5.97 Å². The second-order valence-corrected chi connectivity index (χ2v) is 8.07. The van der Waals surface area contributed by atoms with Gasteiger partial charge in [0.15, 0.2) is 10.8 Å². The number of carbonyl (C=O) groups is 1. The molecule has 1 saturated heterocycles. The number of benzene rings is 1. The number of para-hydroxylation sites is 1. The van der Waals surface area contributed by atoms with Gasteiger partial charge in [-0.15, -0.1) is 0 Å². The van der Waals surface area contributed by atoms with Crippen LogP contribution in [0.5, 0.6) is 0 Å². The van der Waals surface area contributed by atoms with E-state index in [0.717, 1.165) is 39.7 Å². The number of aromatic carboxylic acids is 1. The Morgan fingerprint density at radius 2 is 2.07 bits per heavy atom. The lowest BCUT2D eigenvalue weighted by Gasteiger charge is -2.35. The second kappa shape index (κ2) is 6.94. The molecule has 27 heavy (non-hydrogen) atoms. The van der Waals surface area contributed by atoms with E-state index in [2.05, 4.69) is 29.9 Å². The van der Waals surface area contributed by atoms with Crippen LogP contribution in [0.1, 0.15) is 35.6 Å². The molecule has 4 rings (SSSR count). The van der Waals surface area contributed by atoms with Gasteiger partial charge in [0.2, 0.25) is 0 Å². The highest BCUT2D eigenvalue weighted by Gasteiger charge is 2.25. The molecule has 0 radical (unpaired) electrons. The quantitative estimate of drug-likeness (QED) is 0.742. The van der Waals surface area contributed by atoms with Crippen LogP contribution in [-0.2, 0) is 11.3 Å². The van der Waals surface area contributed by atoms with Crippen molar-refractivity contribution in [1.82, 2.24) is 14.8 Å². The smallest absolute Gasteiger partial charge is 0.356 e. The zero-order chi connectivity index (χ0) is 19.1. The van der Waals surface area contributed by atoms with Crippen molar-refractivity contribution in [1.29, 1.82) is 0 Å². The van der Waals surface area contributed by atoms with Crippen LogP contribution in [0.3, 0.4) is 0 Å². The van der Waals surface area contributed by atoms with Gasteiger partial charge in [-0.05, 0) is 32.9 Å². The first-order valence-corrected chi connectivity index (χ1v) is 9.79. The number of aromatic nitrogens is 3. The Morgan fingerprint density at radius 1 is 1.33 bits per heavy atom. The van der Waals surface area contributed by atoms with E-state index in [9.17, 15) is 4.79 Å². The standard InChI is InChI=1S/C19H22N4O3S/c1-11-7-15(18(24)25)21-23(11)10-14-5-4-6-16-17(14)20-19(27-16)22-8-12(2)26-13(3)9-22/h4-7,12-13H,8-10H2,1-3H3,(H,24,25)/t12-,13+. The molecule has 142 valence electrons. The SMILES string of the molecule is Cc1cc(C(=O)O)nn1Cc1cccc2sc(N3C[C@@H](C)O[C@@H](C)C3)nc12. The number of fused-ring (bicyclic) bond motifs is 1. The number of nitrogens with zero attached hydrogens (tertiary/aromatic N) is 4. The molecule has 0 spiro atoms. The molecular formula is C19H22N4O3S. The van der Waals surface area contributed by atoms with Gasteiger partial charge in [-0.1, -0.05) is 23.5 Å². The highest BCUT2D eigenvalue weighted by molar-refractivity contribution is 7.22. The van der Waals surface area contributed by atoms with Crippen molar-refractivity contribution in [2.24, 2.45) is 0 Å². The van der Waals surface area contributed by atoms with Crippen LogP contribution in [0.2, 0.25) is 0 Å². The zero-order valence-electron chi connectivity index (χ0n) is 15.5. The summed E-state index contributed by atoms with van der Waals surface area (Å²) < 4.78 is 8.67. The van der Waals surface area contributed by atoms with Gasteiger partial charge in [-0.3, -0.25) is 4.68 Å². The Bertz CT molecular complexity index is 986. The van der Waals surface area contributed by atoms with Crippen LogP contribution in [0.4, 0.5) is 5.13 Å². The fourth-order valence-electron chi connectivity index (χ4n) is 3.53. The highest BCUT2D eigenvalue weighted by Crippen LogP contribution is 2.32. The molecule has 0 amide bonds. The van der Waals surface area contributed by atoms with E-state index in [1.54, 1.807) is 22.1 Å². The molecule has 0 aliphatic carbocycles. The monoisotopic (exact) mass is 386 g/mol. The second-order valence-electron chi connectivity index (χ2n) is 7.06. The maximum absolute atomic E-state index is 11.2. The van der Waals surface area contributed by atoms with Crippen LogP contribution in [0.15, 0.2) is 24.3 Å². The number of anilines is 1. The summed E-state index contributed by atoms with van der Waals surface area (Å²) in [7, 11) is 0. The van der Waals surface area contributed by atoms with Crippen LogP contribution in [0, 0.1) is 6.92 Å². The van der Waals surface area contributed by atoms with Crippen LogP contribution in [-0.4, -0.2) is 51.1 Å². The van der Waals surface area contributed by atoms with Gasteiger partial charge in [0.05, 0.1) is 29.0 Å². The Hall–Kier alpha value is -2.45. The summed E-state index contributed by atoms with van der Waals surface area (Å²) in [5, 5.41) is 14.3. The number of carboxylic acid groups (broad SMARTS) is 1. The van der Waals surface area contributed by atoms with Crippen molar-refractivity contribution in [2.75, 3.05) is 18.0 Å². The lowest BCUT2D eigenvalue weighted by molar-refractivity contribution is -0.00522. The van der Waals surface area contributed by atoms with Gasteiger partial charge in [0, 0.05) is 24.3 Å². The van der Waals surface area contributed by atoms with E-state index < -0.39 is 5.97 Å². The van der Waals surface area contributed by atoms with E-state index >= 15 is 0 Å². The fraction of sp³-hybridized carbons (Fsp3) is 0.421. The maximum atomic E-state index is 11.2. The third-order valence-corrected chi connectivity index (χ3v) is 5.78. The maximum Gasteiger partial charge on any atom is 0.356 e. The highest BCUT2D eigenvalue weighted by atomic mass is 32.1. The lowest BCUT2D eigenvalue weighted by Crippen LogP contribution is -2.45. The van der Waals surface area contributed by atoms with Gasteiger partial charge < -0.3 is 14.7 Å². The number of morpholine rings is 1. The Balaban J connectivity index is 1.66. The number of ether oxygens (including phenoxy) is 1. The molecule has 2 atom stereocenters. The molecule has 7 nitrogen and oxygen atoms in total. The van der Waals surface area contributed by atoms with Gasteiger partial charge in [-0.25, -0.2) is 9.78 Å². The molecule has 2 aromatic heterocycles. The van der Waals surface area contributed by atoms with Gasteiger partial charge in [0.1, 0.15) is 0 Å². The fourth-order valence-corrected chi connectivity index (χ4v) is 4.56. The molecule has 0 saturated carbocycles. The molecule has 0 unspecified atom stereocenters. The topological polar surface area (TPSA) is 80.5 Å². The van der Waals surface area contributed by atoms with Crippen LogP contribution in [0.25, 0.3) is 10.2 Å². The third kappa shape index (κ3) is 3.54. The molecule has 1 fully saturated rings. The van der Waals surface area contributed by atoms with Crippen molar-refractivity contribution in [3.63, 3.8) is 0 Å². The molecule has 3 heterocycles. The van der Waals surface area contributed by atoms with Crippen LogP contribution < -0.4 is 4.90 Å². The largest absolute Gasteiger partial charge is 0.476 e. The molecule has 1 aromatic carbocycles. The van der Waals surface area contributed by atoms with E-state index in [1.165, 1.54) is 0 Å². The van der Waals surface area contributed by atoms with Crippen LogP contribution >= 0.6 is 11.3 Å². The van der Waals surface area contributed by atoms with Crippen molar-refractivity contribution in [3.8, 4) is 0 Å². The average molecular weight is 386 g/mol. The molecule has 8 heteroatoms. The van der Waals surface area contributed by atoms with E-state index in [4.69, 9.17) is 14.8 Å². The number of hydrogen-bond acceptors (Lipinski definition) is 6. The molecule has 1 N–H and O–H groups in total. The summed E-state index contributed by atoms with van der Waals surface area (Å²) in [6, 6.07) is 7.70. The summed E-state index contributed by atoms with van der Waals surface area (Å²) >= 11 is 1.68. The summed E-state index contributed by atoms with van der Waals surface area (Å²) in [6.07, 6.45) is 0.364. The summed E-state index contributed by atoms with van der Waals surface area (Å²) in [5.74, 6) is -1.01. The minimum atomic E-state index is -1.01. The Morgan fingerprint density at radius 3 is 2.74 bits per heavy atom. The lowest BCUT2D eigenvalue weighted by atomic mass is 10.2. The van der Waals surface area contributed by atoms with E-state index in [-0.39, 0.29) is 17.9 Å². The molecular weight excluding hydrogens is 364 g/mol. The number of thiazole rings is 1. The van der Waals surface area contributed by atoms with Gasteiger partial charge in [-0.2, -0.15) is 5.10 Å². The summed E-state index contributed by atoms with van der Waals surface area (Å²) in [4.78, 5) is 18.4. The van der Waals surface area contributed by atoms with E-state index in [1.807, 2.05) is 19.1 Å². The molecule has 1 aliphatic rings. The Kier molecular flexibility index (Phi) is 4.61. The normalized spacial score (nSPS) is 20.3. The summed E-state index contributed by atoms with van der Waals surface area (Å²) in [5.41, 5.74) is 2.87. The molecule has 1 aliphatic heterocycles. The van der Waals surface area contributed by atoms with Gasteiger partial charge in [0.25, 0.3) is 0 Å². The molecule has 0 bridgehead atoms. The first-order chi connectivity index (χ1) is 12.9. The Labute approximate surface area is 161 Å². The first-order valence-electron chi connectivity index (χ1n) is 8.97. The van der Waals surface area contributed by atoms with Crippen molar-refractivity contribution in [3.05, 3.63) is 41.2 Å². The number of rotatable bonds is 4. The number of hydrogen-bond donors (Lipinski definition) is 1. The predicted molar refractivity (Wildman–Crippen MR) is 105 cm³/mol. The van der Waals surface area contributed by atoms with Crippen molar-refractivity contribution in [2.45, 2.75) is 39.5 Å². The minimum Gasteiger partial charge on any atom is -0.476 e. The first kappa shape index (κ1) is 17.9. The third-order valence-electron chi connectivity index (χ3n) is 4.70. The average Bonchev–Trinajstić information content (AvgIpc) is 3.19.